The van der Waals surface area contributed by atoms with Crippen molar-refractivity contribution in [1.29, 1.82) is 0 Å². The Balaban J connectivity index is 2.31. The highest BCUT2D eigenvalue weighted by Gasteiger charge is 2.08. The molecule has 0 heterocycles. The van der Waals surface area contributed by atoms with Crippen molar-refractivity contribution in [3.8, 4) is 5.75 Å². The highest BCUT2D eigenvalue weighted by atomic mass is 79.9. The van der Waals surface area contributed by atoms with Gasteiger partial charge >= 0.3 is 0 Å². The lowest BCUT2D eigenvalue weighted by molar-refractivity contribution is -0.127. The molecule has 20 heavy (non-hydrogen) atoms. The number of carbonyl (C=O) groups is 2. The number of halogens is 2. The number of rotatable bonds is 7. The molecule has 0 aromatic heterocycles. The second kappa shape index (κ2) is 8.52. The van der Waals surface area contributed by atoms with Crippen LogP contribution in [0.2, 0.25) is 0 Å². The maximum atomic E-state index is 12.8. The highest BCUT2D eigenvalue weighted by Crippen LogP contribution is 2.25. The fourth-order valence-corrected chi connectivity index (χ4v) is 1.76. The van der Waals surface area contributed by atoms with Crippen molar-refractivity contribution >= 4 is 27.7 Å². The second-order valence-corrected chi connectivity index (χ2v) is 4.84. The first-order valence-electron chi connectivity index (χ1n) is 6.14. The van der Waals surface area contributed by atoms with E-state index in [0.29, 0.717) is 16.8 Å². The summed E-state index contributed by atoms with van der Waals surface area (Å²) in [4.78, 5) is 22.7. The normalized spacial score (nSPS) is 9.95. The molecule has 0 fully saturated rings. The molecule has 2 amide bonds. The average molecular weight is 347 g/mol. The lowest BCUT2D eigenvalue weighted by Gasteiger charge is -2.09. The quantitative estimate of drug-likeness (QED) is 0.788. The first-order valence-corrected chi connectivity index (χ1v) is 6.93. The van der Waals surface area contributed by atoms with Crippen molar-refractivity contribution in [2.75, 3.05) is 19.7 Å². The average Bonchev–Trinajstić information content (AvgIpc) is 2.41. The van der Waals surface area contributed by atoms with Crippen LogP contribution in [0.4, 0.5) is 4.39 Å². The zero-order valence-electron chi connectivity index (χ0n) is 11.0. The Morgan fingerprint density at radius 3 is 2.70 bits per heavy atom. The van der Waals surface area contributed by atoms with E-state index in [1.807, 2.05) is 6.92 Å². The topological polar surface area (TPSA) is 67.4 Å². The summed E-state index contributed by atoms with van der Waals surface area (Å²) in [6, 6.07) is 3.89. The van der Waals surface area contributed by atoms with Gasteiger partial charge in [0.1, 0.15) is 11.6 Å². The molecule has 0 saturated heterocycles. The fraction of sp³-hybridized carbons (Fsp3) is 0.385. The first kappa shape index (κ1) is 16.4. The summed E-state index contributed by atoms with van der Waals surface area (Å²) in [6.45, 7) is 2.18. The van der Waals surface area contributed by atoms with Crippen LogP contribution < -0.4 is 15.4 Å². The van der Waals surface area contributed by atoms with Crippen molar-refractivity contribution in [3.63, 3.8) is 0 Å². The van der Waals surface area contributed by atoms with Gasteiger partial charge in [-0.1, -0.05) is 6.92 Å². The number of hydrogen-bond donors (Lipinski definition) is 2. The number of benzene rings is 1. The van der Waals surface area contributed by atoms with Crippen LogP contribution in [-0.4, -0.2) is 31.5 Å². The van der Waals surface area contributed by atoms with E-state index in [-0.39, 0.29) is 19.1 Å². The van der Waals surface area contributed by atoms with Crippen molar-refractivity contribution in [2.45, 2.75) is 13.3 Å². The number of amides is 2. The fourth-order valence-electron chi connectivity index (χ4n) is 1.29. The monoisotopic (exact) mass is 346 g/mol. The SMILES string of the molecule is CCCNC(=O)CNC(=O)COc1ccc(F)cc1Br. The number of nitrogens with one attached hydrogen (secondary N) is 2. The Bertz CT molecular complexity index is 483. The summed E-state index contributed by atoms with van der Waals surface area (Å²) in [5.74, 6) is -0.714. The summed E-state index contributed by atoms with van der Waals surface area (Å²) < 4.78 is 18.5. The third kappa shape index (κ3) is 6.01. The largest absolute Gasteiger partial charge is 0.483 e. The summed E-state index contributed by atoms with van der Waals surface area (Å²) in [5, 5.41) is 5.06. The standard InChI is InChI=1S/C13H16BrFN2O3/c1-2-5-16-12(18)7-17-13(19)8-20-11-4-3-9(15)6-10(11)14/h3-4,6H,2,5,7-8H2,1H3,(H,16,18)(H,17,19). The third-order valence-corrected chi connectivity index (χ3v) is 2.89. The smallest absolute Gasteiger partial charge is 0.258 e. The zero-order chi connectivity index (χ0) is 15.0. The van der Waals surface area contributed by atoms with Gasteiger partial charge in [-0.25, -0.2) is 4.39 Å². The van der Waals surface area contributed by atoms with Crippen molar-refractivity contribution < 1.29 is 18.7 Å². The van der Waals surface area contributed by atoms with Crippen LogP contribution in [0.5, 0.6) is 5.75 Å². The summed E-state index contributed by atoms with van der Waals surface area (Å²) >= 11 is 3.13. The summed E-state index contributed by atoms with van der Waals surface area (Å²) in [5.41, 5.74) is 0. The maximum absolute atomic E-state index is 12.8. The molecule has 0 bridgehead atoms. The molecule has 0 atom stereocenters. The lowest BCUT2D eigenvalue weighted by atomic mass is 10.3. The molecule has 7 heteroatoms. The van der Waals surface area contributed by atoms with Gasteiger partial charge in [-0.2, -0.15) is 0 Å². The summed E-state index contributed by atoms with van der Waals surface area (Å²) in [7, 11) is 0. The van der Waals surface area contributed by atoms with Crippen LogP contribution in [0.25, 0.3) is 0 Å². The minimum Gasteiger partial charge on any atom is -0.483 e. The third-order valence-electron chi connectivity index (χ3n) is 2.27. The van der Waals surface area contributed by atoms with E-state index in [1.54, 1.807) is 0 Å². The predicted octanol–water partition coefficient (Wildman–Crippen LogP) is 1.61. The molecule has 1 rings (SSSR count). The van der Waals surface area contributed by atoms with Gasteiger partial charge in [-0.3, -0.25) is 9.59 Å². The van der Waals surface area contributed by atoms with E-state index in [2.05, 4.69) is 26.6 Å². The molecule has 0 aliphatic heterocycles. The van der Waals surface area contributed by atoms with E-state index in [9.17, 15) is 14.0 Å². The van der Waals surface area contributed by atoms with Crippen LogP contribution >= 0.6 is 15.9 Å². The Kier molecular flexibility index (Phi) is 7.00. The number of ether oxygens (including phenoxy) is 1. The van der Waals surface area contributed by atoms with Gasteiger partial charge in [-0.05, 0) is 40.5 Å². The summed E-state index contributed by atoms with van der Waals surface area (Å²) in [6.07, 6.45) is 0.835. The van der Waals surface area contributed by atoms with Crippen LogP contribution in [0.3, 0.4) is 0 Å². The second-order valence-electron chi connectivity index (χ2n) is 3.99. The van der Waals surface area contributed by atoms with E-state index < -0.39 is 11.7 Å². The van der Waals surface area contributed by atoms with Gasteiger partial charge in [0.05, 0.1) is 11.0 Å². The van der Waals surface area contributed by atoms with E-state index in [0.717, 1.165) is 6.42 Å². The van der Waals surface area contributed by atoms with Gasteiger partial charge in [0, 0.05) is 6.54 Å². The zero-order valence-corrected chi connectivity index (χ0v) is 12.6. The van der Waals surface area contributed by atoms with Crippen LogP contribution in [0.15, 0.2) is 22.7 Å². The molecule has 0 unspecified atom stereocenters. The van der Waals surface area contributed by atoms with Gasteiger partial charge in [0.2, 0.25) is 5.91 Å². The van der Waals surface area contributed by atoms with E-state index >= 15 is 0 Å². The molecule has 2 N–H and O–H groups in total. The van der Waals surface area contributed by atoms with Crippen molar-refractivity contribution in [3.05, 3.63) is 28.5 Å². The van der Waals surface area contributed by atoms with Gasteiger partial charge in [0.15, 0.2) is 6.61 Å². The van der Waals surface area contributed by atoms with E-state index in [1.165, 1.54) is 18.2 Å². The Hall–Kier alpha value is -1.63. The molecule has 0 radical (unpaired) electrons. The van der Waals surface area contributed by atoms with Crippen LogP contribution in [0.1, 0.15) is 13.3 Å². The van der Waals surface area contributed by atoms with Crippen LogP contribution in [-0.2, 0) is 9.59 Å². The molecule has 0 spiro atoms. The molecule has 1 aromatic rings. The minimum absolute atomic E-state index is 0.0905. The van der Waals surface area contributed by atoms with Crippen LogP contribution in [0, 0.1) is 5.82 Å². The molecule has 110 valence electrons. The molecule has 0 saturated carbocycles. The number of hydrogen-bond acceptors (Lipinski definition) is 3. The Labute approximate surface area is 125 Å². The lowest BCUT2D eigenvalue weighted by Crippen LogP contribution is -2.39. The van der Waals surface area contributed by atoms with E-state index in [4.69, 9.17) is 4.74 Å². The minimum atomic E-state index is -0.423. The molecular formula is C13H16BrFN2O3. The highest BCUT2D eigenvalue weighted by molar-refractivity contribution is 9.10. The predicted molar refractivity (Wildman–Crippen MR) is 75.9 cm³/mol. The Morgan fingerprint density at radius 1 is 1.30 bits per heavy atom. The molecule has 5 nitrogen and oxygen atoms in total. The van der Waals surface area contributed by atoms with Gasteiger partial charge in [0.25, 0.3) is 5.91 Å². The van der Waals surface area contributed by atoms with Gasteiger partial charge in [-0.15, -0.1) is 0 Å². The molecule has 0 aliphatic carbocycles. The molecular weight excluding hydrogens is 331 g/mol. The van der Waals surface area contributed by atoms with Gasteiger partial charge < -0.3 is 15.4 Å². The number of carbonyl (C=O) groups excluding carboxylic acids is 2. The Morgan fingerprint density at radius 2 is 2.05 bits per heavy atom. The molecule has 0 aliphatic rings. The van der Waals surface area contributed by atoms with Crippen molar-refractivity contribution in [1.82, 2.24) is 10.6 Å². The molecule has 1 aromatic carbocycles. The maximum Gasteiger partial charge on any atom is 0.258 e. The van der Waals surface area contributed by atoms with Crippen molar-refractivity contribution in [2.24, 2.45) is 0 Å². The first-order chi connectivity index (χ1) is 9.52.